The minimum Gasteiger partial charge on any atom is -0.492 e. The van der Waals surface area contributed by atoms with Crippen molar-refractivity contribution in [2.75, 3.05) is 32.8 Å². The summed E-state index contributed by atoms with van der Waals surface area (Å²) in [5.41, 5.74) is 2.28. The van der Waals surface area contributed by atoms with Gasteiger partial charge in [-0.15, -0.1) is 0 Å². The quantitative estimate of drug-likeness (QED) is 0.911. The molecule has 1 aromatic carbocycles. The lowest BCUT2D eigenvalue weighted by atomic mass is 10.1. The van der Waals surface area contributed by atoms with Crippen molar-refractivity contribution >= 4 is 5.91 Å². The Bertz CT molecular complexity index is 468. The molecule has 1 aromatic rings. The van der Waals surface area contributed by atoms with E-state index in [2.05, 4.69) is 11.4 Å². The second kappa shape index (κ2) is 6.75. The SMILES string of the molecule is Cc1ccc(C)c(OCC(C)C(=O)N2CCNCC2)c1. The van der Waals surface area contributed by atoms with Crippen molar-refractivity contribution in [2.24, 2.45) is 5.92 Å². The molecule has 2 rings (SSSR count). The molecule has 0 bridgehead atoms. The molecular formula is C16H24N2O2. The van der Waals surface area contributed by atoms with Gasteiger partial charge >= 0.3 is 0 Å². The number of ether oxygens (including phenoxy) is 1. The van der Waals surface area contributed by atoms with Crippen molar-refractivity contribution in [3.05, 3.63) is 29.3 Å². The molecule has 0 aromatic heterocycles. The molecule has 0 aliphatic carbocycles. The van der Waals surface area contributed by atoms with Gasteiger partial charge in [0.1, 0.15) is 5.75 Å². The van der Waals surface area contributed by atoms with Crippen LogP contribution in [0.1, 0.15) is 18.1 Å². The molecule has 1 unspecified atom stereocenters. The van der Waals surface area contributed by atoms with Crippen LogP contribution in [0.5, 0.6) is 5.75 Å². The van der Waals surface area contributed by atoms with Gasteiger partial charge in [0.15, 0.2) is 0 Å². The molecule has 4 nitrogen and oxygen atoms in total. The Morgan fingerprint density at radius 1 is 1.35 bits per heavy atom. The first-order valence-electron chi connectivity index (χ1n) is 7.27. The van der Waals surface area contributed by atoms with Gasteiger partial charge in [0.05, 0.1) is 12.5 Å². The van der Waals surface area contributed by atoms with Crippen molar-refractivity contribution in [3.8, 4) is 5.75 Å². The van der Waals surface area contributed by atoms with Crippen LogP contribution in [0.3, 0.4) is 0 Å². The van der Waals surface area contributed by atoms with Gasteiger partial charge in [-0.2, -0.15) is 0 Å². The van der Waals surface area contributed by atoms with E-state index in [0.29, 0.717) is 6.61 Å². The van der Waals surface area contributed by atoms with E-state index in [-0.39, 0.29) is 11.8 Å². The van der Waals surface area contributed by atoms with Gasteiger partial charge in [0.25, 0.3) is 0 Å². The molecule has 1 saturated heterocycles. The fourth-order valence-corrected chi connectivity index (χ4v) is 2.35. The summed E-state index contributed by atoms with van der Waals surface area (Å²) in [4.78, 5) is 14.2. The smallest absolute Gasteiger partial charge is 0.228 e. The average Bonchev–Trinajstić information content (AvgIpc) is 2.48. The predicted molar refractivity (Wildman–Crippen MR) is 80.0 cm³/mol. The average molecular weight is 276 g/mol. The summed E-state index contributed by atoms with van der Waals surface area (Å²) in [5, 5.41) is 3.25. The van der Waals surface area contributed by atoms with Gasteiger partial charge in [-0.25, -0.2) is 0 Å². The number of hydrogen-bond acceptors (Lipinski definition) is 3. The maximum atomic E-state index is 12.3. The van der Waals surface area contributed by atoms with Crippen LogP contribution in [0.15, 0.2) is 18.2 Å². The number of aryl methyl sites for hydroxylation is 2. The molecule has 1 fully saturated rings. The lowest BCUT2D eigenvalue weighted by molar-refractivity contribution is -0.136. The van der Waals surface area contributed by atoms with Crippen LogP contribution in [0.4, 0.5) is 0 Å². The van der Waals surface area contributed by atoms with Gasteiger partial charge in [-0.3, -0.25) is 4.79 Å². The zero-order valence-electron chi connectivity index (χ0n) is 12.6. The van der Waals surface area contributed by atoms with Gasteiger partial charge in [-0.1, -0.05) is 19.1 Å². The van der Waals surface area contributed by atoms with E-state index in [1.165, 1.54) is 5.56 Å². The Hall–Kier alpha value is -1.55. The standard InChI is InChI=1S/C16H24N2O2/c1-12-4-5-13(2)15(10-12)20-11-14(3)16(19)18-8-6-17-7-9-18/h4-5,10,14,17H,6-9,11H2,1-3H3. The number of benzene rings is 1. The van der Waals surface area contributed by atoms with Crippen LogP contribution >= 0.6 is 0 Å². The van der Waals surface area contributed by atoms with Gasteiger partial charge in [0.2, 0.25) is 5.91 Å². The fraction of sp³-hybridized carbons (Fsp3) is 0.562. The minimum absolute atomic E-state index is 0.104. The van der Waals surface area contributed by atoms with E-state index < -0.39 is 0 Å². The summed E-state index contributed by atoms with van der Waals surface area (Å²) in [7, 11) is 0. The summed E-state index contributed by atoms with van der Waals surface area (Å²) >= 11 is 0. The van der Waals surface area contributed by atoms with Crippen LogP contribution in [-0.4, -0.2) is 43.6 Å². The van der Waals surface area contributed by atoms with Crippen molar-refractivity contribution in [2.45, 2.75) is 20.8 Å². The molecule has 20 heavy (non-hydrogen) atoms. The molecular weight excluding hydrogens is 252 g/mol. The largest absolute Gasteiger partial charge is 0.492 e. The summed E-state index contributed by atoms with van der Waals surface area (Å²) < 4.78 is 5.83. The molecule has 1 aliphatic rings. The second-order valence-electron chi connectivity index (χ2n) is 5.56. The second-order valence-corrected chi connectivity index (χ2v) is 5.56. The fourth-order valence-electron chi connectivity index (χ4n) is 2.35. The van der Waals surface area contributed by atoms with E-state index in [0.717, 1.165) is 37.5 Å². The third-order valence-corrected chi connectivity index (χ3v) is 3.68. The summed E-state index contributed by atoms with van der Waals surface area (Å²) in [6.07, 6.45) is 0. The van der Waals surface area contributed by atoms with Crippen LogP contribution < -0.4 is 10.1 Å². The van der Waals surface area contributed by atoms with E-state index in [9.17, 15) is 4.79 Å². The Morgan fingerprint density at radius 2 is 2.05 bits per heavy atom. The Balaban J connectivity index is 1.89. The number of nitrogens with one attached hydrogen (secondary N) is 1. The van der Waals surface area contributed by atoms with Crippen LogP contribution in [0, 0.1) is 19.8 Å². The summed E-state index contributed by atoms with van der Waals surface area (Å²) in [5.74, 6) is 0.967. The number of nitrogens with zero attached hydrogens (tertiary/aromatic N) is 1. The van der Waals surface area contributed by atoms with Gasteiger partial charge in [-0.05, 0) is 31.0 Å². The highest BCUT2D eigenvalue weighted by atomic mass is 16.5. The number of carbonyl (C=O) groups is 1. The Labute approximate surface area is 121 Å². The van der Waals surface area contributed by atoms with E-state index in [1.54, 1.807) is 0 Å². The Kier molecular flexibility index (Phi) is 5.01. The van der Waals surface area contributed by atoms with E-state index in [1.807, 2.05) is 37.8 Å². The highest BCUT2D eigenvalue weighted by Crippen LogP contribution is 2.20. The lowest BCUT2D eigenvalue weighted by Gasteiger charge is -2.29. The highest BCUT2D eigenvalue weighted by Gasteiger charge is 2.22. The number of rotatable bonds is 4. The maximum absolute atomic E-state index is 12.3. The van der Waals surface area contributed by atoms with Crippen LogP contribution in [0.25, 0.3) is 0 Å². The maximum Gasteiger partial charge on any atom is 0.228 e. The topological polar surface area (TPSA) is 41.6 Å². The van der Waals surface area contributed by atoms with Crippen molar-refractivity contribution < 1.29 is 9.53 Å². The third kappa shape index (κ3) is 3.73. The molecule has 1 heterocycles. The molecule has 0 radical (unpaired) electrons. The van der Waals surface area contributed by atoms with Crippen LogP contribution in [0.2, 0.25) is 0 Å². The zero-order chi connectivity index (χ0) is 14.5. The normalized spacial score (nSPS) is 16.9. The lowest BCUT2D eigenvalue weighted by Crippen LogP contribution is -2.48. The summed E-state index contributed by atoms with van der Waals surface area (Å²) in [6.45, 7) is 9.81. The molecule has 0 saturated carbocycles. The molecule has 4 heteroatoms. The number of carbonyl (C=O) groups excluding carboxylic acids is 1. The number of hydrogen-bond donors (Lipinski definition) is 1. The Morgan fingerprint density at radius 3 is 2.75 bits per heavy atom. The van der Waals surface area contributed by atoms with E-state index >= 15 is 0 Å². The van der Waals surface area contributed by atoms with Gasteiger partial charge in [0, 0.05) is 26.2 Å². The molecule has 1 amide bonds. The number of amides is 1. The predicted octanol–water partition coefficient (Wildman–Crippen LogP) is 1.75. The van der Waals surface area contributed by atoms with Gasteiger partial charge < -0.3 is 15.0 Å². The number of piperazine rings is 1. The molecule has 1 aliphatic heterocycles. The molecule has 110 valence electrons. The van der Waals surface area contributed by atoms with Crippen molar-refractivity contribution in [3.63, 3.8) is 0 Å². The molecule has 0 spiro atoms. The first-order chi connectivity index (χ1) is 9.58. The van der Waals surface area contributed by atoms with Crippen molar-refractivity contribution in [1.82, 2.24) is 10.2 Å². The van der Waals surface area contributed by atoms with E-state index in [4.69, 9.17) is 4.74 Å². The highest BCUT2D eigenvalue weighted by molar-refractivity contribution is 5.78. The van der Waals surface area contributed by atoms with Crippen LogP contribution in [-0.2, 0) is 4.79 Å². The minimum atomic E-state index is -0.104. The molecule has 1 atom stereocenters. The monoisotopic (exact) mass is 276 g/mol. The van der Waals surface area contributed by atoms with Crippen molar-refractivity contribution in [1.29, 1.82) is 0 Å². The summed E-state index contributed by atoms with van der Waals surface area (Å²) in [6, 6.07) is 6.14. The first kappa shape index (κ1) is 14.9. The molecule has 1 N–H and O–H groups in total. The zero-order valence-corrected chi connectivity index (χ0v) is 12.6. The third-order valence-electron chi connectivity index (χ3n) is 3.68. The first-order valence-corrected chi connectivity index (χ1v) is 7.27.